The Balaban J connectivity index is 2.05. The van der Waals surface area contributed by atoms with Gasteiger partial charge in [-0.25, -0.2) is 0 Å². The zero-order valence-corrected chi connectivity index (χ0v) is 13.5. The second kappa shape index (κ2) is 6.59. The summed E-state index contributed by atoms with van der Waals surface area (Å²) in [5.41, 5.74) is 4.87. The second-order valence-corrected chi connectivity index (χ2v) is 6.13. The SMILES string of the molecule is CNCCCN1c2ccc(O)cc2CCc2ccc(Cl)cc21. The van der Waals surface area contributed by atoms with Crippen molar-refractivity contribution >= 4 is 23.0 Å². The van der Waals surface area contributed by atoms with Gasteiger partial charge < -0.3 is 15.3 Å². The van der Waals surface area contributed by atoms with Gasteiger partial charge >= 0.3 is 0 Å². The third-order valence-corrected chi connectivity index (χ3v) is 4.40. The fraction of sp³-hybridized carbons (Fsp3) is 0.333. The number of halogens is 1. The molecule has 0 saturated carbocycles. The minimum Gasteiger partial charge on any atom is -0.508 e. The molecule has 1 heterocycles. The Morgan fingerprint density at radius 1 is 1.09 bits per heavy atom. The lowest BCUT2D eigenvalue weighted by molar-refractivity contribution is 0.474. The Bertz CT molecular complexity index is 672. The molecule has 0 unspecified atom stereocenters. The Morgan fingerprint density at radius 3 is 2.73 bits per heavy atom. The molecule has 3 nitrogen and oxygen atoms in total. The van der Waals surface area contributed by atoms with Crippen LogP contribution in [0.3, 0.4) is 0 Å². The standard InChI is InChI=1S/C18H21ClN2O/c1-20-9-2-10-21-17-8-7-16(22)11-14(17)4-3-13-5-6-15(19)12-18(13)21/h5-8,11-12,20,22H,2-4,9-10H2,1H3. The number of nitrogens with zero attached hydrogens (tertiary/aromatic N) is 1. The van der Waals surface area contributed by atoms with E-state index in [1.54, 1.807) is 6.07 Å². The van der Waals surface area contributed by atoms with Crippen LogP contribution in [-0.4, -0.2) is 25.2 Å². The molecule has 0 aromatic heterocycles. The monoisotopic (exact) mass is 316 g/mol. The maximum atomic E-state index is 9.79. The number of hydrogen-bond donors (Lipinski definition) is 2. The summed E-state index contributed by atoms with van der Waals surface area (Å²) in [6.45, 7) is 1.89. The van der Waals surface area contributed by atoms with Crippen molar-refractivity contribution in [2.45, 2.75) is 19.3 Å². The highest BCUT2D eigenvalue weighted by Gasteiger charge is 2.21. The van der Waals surface area contributed by atoms with Crippen molar-refractivity contribution in [3.63, 3.8) is 0 Å². The molecule has 0 amide bonds. The molecule has 2 aromatic rings. The molecule has 22 heavy (non-hydrogen) atoms. The van der Waals surface area contributed by atoms with Crippen LogP contribution in [-0.2, 0) is 12.8 Å². The van der Waals surface area contributed by atoms with Gasteiger partial charge in [0, 0.05) is 22.9 Å². The molecule has 0 radical (unpaired) electrons. The predicted molar refractivity (Wildman–Crippen MR) is 92.5 cm³/mol. The number of phenols is 1. The molecule has 116 valence electrons. The minimum absolute atomic E-state index is 0.331. The van der Waals surface area contributed by atoms with Gasteiger partial charge in [0.05, 0.1) is 0 Å². The first-order valence-corrected chi connectivity index (χ1v) is 8.09. The zero-order valence-electron chi connectivity index (χ0n) is 12.8. The molecule has 0 atom stereocenters. The van der Waals surface area contributed by atoms with Crippen LogP contribution in [0.15, 0.2) is 36.4 Å². The Morgan fingerprint density at radius 2 is 1.91 bits per heavy atom. The number of hydrogen-bond acceptors (Lipinski definition) is 3. The summed E-state index contributed by atoms with van der Waals surface area (Å²) in [4.78, 5) is 2.33. The van der Waals surface area contributed by atoms with E-state index in [1.165, 1.54) is 22.5 Å². The summed E-state index contributed by atoms with van der Waals surface area (Å²) in [5.74, 6) is 0.331. The Labute approximate surface area is 136 Å². The molecule has 0 spiro atoms. The third-order valence-electron chi connectivity index (χ3n) is 4.16. The average Bonchev–Trinajstić information content (AvgIpc) is 2.65. The highest BCUT2D eigenvalue weighted by molar-refractivity contribution is 6.30. The summed E-state index contributed by atoms with van der Waals surface area (Å²) in [7, 11) is 1.97. The van der Waals surface area contributed by atoms with Crippen LogP contribution in [0.4, 0.5) is 11.4 Å². The van der Waals surface area contributed by atoms with Gasteiger partial charge in [-0.15, -0.1) is 0 Å². The molecule has 3 rings (SSSR count). The quantitative estimate of drug-likeness (QED) is 0.840. The first-order valence-electron chi connectivity index (χ1n) is 7.71. The van der Waals surface area contributed by atoms with E-state index in [0.717, 1.165) is 37.4 Å². The summed E-state index contributed by atoms with van der Waals surface area (Å²) in [6.07, 6.45) is 2.94. The molecule has 2 N–H and O–H groups in total. The largest absolute Gasteiger partial charge is 0.508 e. The Kier molecular flexibility index (Phi) is 4.55. The van der Waals surface area contributed by atoms with E-state index >= 15 is 0 Å². The van der Waals surface area contributed by atoms with Crippen molar-refractivity contribution in [3.05, 3.63) is 52.5 Å². The first-order chi connectivity index (χ1) is 10.7. The van der Waals surface area contributed by atoms with Gasteiger partial charge in [0.15, 0.2) is 0 Å². The molecule has 0 saturated heterocycles. The zero-order chi connectivity index (χ0) is 15.5. The topological polar surface area (TPSA) is 35.5 Å². The highest BCUT2D eigenvalue weighted by Crippen LogP contribution is 2.38. The van der Waals surface area contributed by atoms with E-state index in [-0.39, 0.29) is 0 Å². The van der Waals surface area contributed by atoms with E-state index in [1.807, 2.05) is 25.2 Å². The number of benzene rings is 2. The van der Waals surface area contributed by atoms with Gasteiger partial charge in [-0.1, -0.05) is 17.7 Å². The van der Waals surface area contributed by atoms with Crippen LogP contribution in [0.2, 0.25) is 5.02 Å². The lowest BCUT2D eigenvalue weighted by atomic mass is 10.0. The van der Waals surface area contributed by atoms with Crippen LogP contribution in [0.1, 0.15) is 17.5 Å². The fourth-order valence-corrected chi connectivity index (χ4v) is 3.26. The molecule has 2 aromatic carbocycles. The van der Waals surface area contributed by atoms with E-state index in [2.05, 4.69) is 22.3 Å². The molecule has 4 heteroatoms. The van der Waals surface area contributed by atoms with Crippen LogP contribution < -0.4 is 10.2 Å². The van der Waals surface area contributed by atoms with Gasteiger partial charge in [0.1, 0.15) is 5.75 Å². The number of phenolic OH excluding ortho intramolecular Hbond substituents is 1. The van der Waals surface area contributed by atoms with Crippen molar-refractivity contribution < 1.29 is 5.11 Å². The highest BCUT2D eigenvalue weighted by atomic mass is 35.5. The number of aromatic hydroxyl groups is 1. The maximum Gasteiger partial charge on any atom is 0.116 e. The molecule has 1 aliphatic rings. The summed E-state index contributed by atoms with van der Waals surface area (Å²) >= 11 is 6.23. The van der Waals surface area contributed by atoms with Gasteiger partial charge in [0.25, 0.3) is 0 Å². The van der Waals surface area contributed by atoms with Crippen molar-refractivity contribution in [2.24, 2.45) is 0 Å². The van der Waals surface area contributed by atoms with Crippen LogP contribution in [0.5, 0.6) is 5.75 Å². The van der Waals surface area contributed by atoms with Gasteiger partial charge in [-0.3, -0.25) is 0 Å². The Hall–Kier alpha value is -1.71. The smallest absolute Gasteiger partial charge is 0.116 e. The average molecular weight is 317 g/mol. The minimum atomic E-state index is 0.331. The van der Waals surface area contributed by atoms with Gasteiger partial charge in [-0.05, 0) is 74.3 Å². The number of nitrogens with one attached hydrogen (secondary N) is 1. The van der Waals surface area contributed by atoms with Crippen LogP contribution in [0.25, 0.3) is 0 Å². The van der Waals surface area contributed by atoms with Crippen LogP contribution in [0, 0.1) is 0 Å². The van der Waals surface area contributed by atoms with E-state index < -0.39 is 0 Å². The summed E-state index contributed by atoms with van der Waals surface area (Å²) in [6, 6.07) is 11.8. The number of fused-ring (bicyclic) bond motifs is 2. The van der Waals surface area contributed by atoms with E-state index in [9.17, 15) is 5.11 Å². The van der Waals surface area contributed by atoms with Crippen molar-refractivity contribution in [1.29, 1.82) is 0 Å². The summed E-state index contributed by atoms with van der Waals surface area (Å²) < 4.78 is 0. The first kappa shape index (κ1) is 15.2. The predicted octanol–water partition coefficient (Wildman–Crippen LogP) is 3.89. The normalized spacial score (nSPS) is 13.5. The number of rotatable bonds is 4. The van der Waals surface area contributed by atoms with Gasteiger partial charge in [0.2, 0.25) is 0 Å². The van der Waals surface area contributed by atoms with Crippen LogP contribution >= 0.6 is 11.6 Å². The lowest BCUT2D eigenvalue weighted by Crippen LogP contribution is -2.23. The molecule has 0 bridgehead atoms. The number of anilines is 2. The molecule has 1 aliphatic heterocycles. The van der Waals surface area contributed by atoms with E-state index in [0.29, 0.717) is 5.75 Å². The van der Waals surface area contributed by atoms with Crippen molar-refractivity contribution in [3.8, 4) is 5.75 Å². The van der Waals surface area contributed by atoms with E-state index in [4.69, 9.17) is 11.6 Å². The van der Waals surface area contributed by atoms with Gasteiger partial charge in [-0.2, -0.15) is 0 Å². The lowest BCUT2D eigenvalue weighted by Gasteiger charge is -2.27. The summed E-state index contributed by atoms with van der Waals surface area (Å²) in [5, 5.41) is 13.8. The molecular formula is C18H21ClN2O. The van der Waals surface area contributed by atoms with Crippen molar-refractivity contribution in [2.75, 3.05) is 25.0 Å². The third kappa shape index (κ3) is 3.06. The second-order valence-electron chi connectivity index (χ2n) is 5.69. The molecular weight excluding hydrogens is 296 g/mol. The van der Waals surface area contributed by atoms with Crippen molar-refractivity contribution in [1.82, 2.24) is 5.32 Å². The maximum absolute atomic E-state index is 9.79. The molecule has 0 aliphatic carbocycles. The fourth-order valence-electron chi connectivity index (χ4n) is 3.09. The molecule has 0 fully saturated rings. The number of aryl methyl sites for hydroxylation is 2.